The maximum Gasteiger partial charge on any atom is 0.289 e. The monoisotopic (exact) mass is 423 g/mol. The summed E-state index contributed by atoms with van der Waals surface area (Å²) in [7, 11) is 0. The Morgan fingerprint density at radius 2 is 1.65 bits per heavy atom. The molecular formula is C23H25N3O5. The molecular weight excluding hydrogens is 398 g/mol. The van der Waals surface area contributed by atoms with Gasteiger partial charge in [-0.05, 0) is 30.2 Å². The van der Waals surface area contributed by atoms with E-state index in [4.69, 9.17) is 8.83 Å². The first-order valence-corrected chi connectivity index (χ1v) is 10.3. The van der Waals surface area contributed by atoms with Crippen molar-refractivity contribution in [2.45, 2.75) is 19.9 Å². The van der Waals surface area contributed by atoms with Gasteiger partial charge in [0.1, 0.15) is 11.6 Å². The summed E-state index contributed by atoms with van der Waals surface area (Å²) >= 11 is 0. The zero-order valence-electron chi connectivity index (χ0n) is 17.5. The van der Waals surface area contributed by atoms with E-state index in [9.17, 15) is 14.4 Å². The Morgan fingerprint density at radius 3 is 2.29 bits per heavy atom. The van der Waals surface area contributed by atoms with Crippen LogP contribution in [-0.2, 0) is 4.79 Å². The number of hydrogen-bond acceptors (Lipinski definition) is 5. The lowest BCUT2D eigenvalue weighted by Crippen LogP contribution is -2.57. The van der Waals surface area contributed by atoms with Crippen molar-refractivity contribution in [2.24, 2.45) is 5.92 Å². The molecule has 4 rings (SSSR count). The van der Waals surface area contributed by atoms with E-state index in [1.165, 1.54) is 6.26 Å². The van der Waals surface area contributed by atoms with Crippen molar-refractivity contribution in [2.75, 3.05) is 26.2 Å². The summed E-state index contributed by atoms with van der Waals surface area (Å²) in [5, 5.41) is 3.65. The van der Waals surface area contributed by atoms with Crippen LogP contribution in [-0.4, -0.2) is 59.7 Å². The molecule has 1 aliphatic rings. The fourth-order valence-electron chi connectivity index (χ4n) is 3.70. The van der Waals surface area contributed by atoms with Gasteiger partial charge in [-0.1, -0.05) is 32.0 Å². The Labute approximate surface area is 179 Å². The molecule has 162 valence electrons. The van der Waals surface area contributed by atoms with Gasteiger partial charge in [0.2, 0.25) is 5.91 Å². The number of furan rings is 2. The normalized spacial score (nSPS) is 15.3. The lowest BCUT2D eigenvalue weighted by molar-refractivity contribution is -0.135. The van der Waals surface area contributed by atoms with Crippen molar-refractivity contribution in [3.8, 4) is 0 Å². The number of nitrogens with one attached hydrogen (secondary N) is 1. The Balaban J connectivity index is 1.38. The zero-order valence-corrected chi connectivity index (χ0v) is 17.5. The highest BCUT2D eigenvalue weighted by atomic mass is 16.3. The highest BCUT2D eigenvalue weighted by Crippen LogP contribution is 2.21. The van der Waals surface area contributed by atoms with Gasteiger partial charge in [0.05, 0.1) is 6.26 Å². The number of amides is 3. The summed E-state index contributed by atoms with van der Waals surface area (Å²) in [5.74, 6) is -0.399. The molecule has 2 aromatic heterocycles. The molecule has 0 saturated carbocycles. The van der Waals surface area contributed by atoms with E-state index < -0.39 is 11.9 Å². The van der Waals surface area contributed by atoms with E-state index in [0.29, 0.717) is 37.5 Å². The van der Waals surface area contributed by atoms with Gasteiger partial charge in [-0.2, -0.15) is 0 Å². The molecule has 1 atom stereocenters. The number of nitrogens with zero attached hydrogens (tertiary/aromatic N) is 2. The van der Waals surface area contributed by atoms with Crippen molar-refractivity contribution in [1.82, 2.24) is 15.1 Å². The van der Waals surface area contributed by atoms with Crippen molar-refractivity contribution in [3.63, 3.8) is 0 Å². The average Bonchev–Trinajstić information content (AvgIpc) is 3.46. The third-order valence-electron chi connectivity index (χ3n) is 5.48. The van der Waals surface area contributed by atoms with Gasteiger partial charge in [0.25, 0.3) is 11.8 Å². The molecule has 1 N–H and O–H groups in total. The molecule has 3 amide bonds. The van der Waals surface area contributed by atoms with Crippen LogP contribution >= 0.6 is 0 Å². The first kappa shape index (κ1) is 20.7. The van der Waals surface area contributed by atoms with Gasteiger partial charge in [0.15, 0.2) is 11.5 Å². The van der Waals surface area contributed by atoms with Crippen LogP contribution in [0.2, 0.25) is 0 Å². The Bertz CT molecular complexity index is 1040. The predicted molar refractivity (Wildman–Crippen MR) is 113 cm³/mol. The van der Waals surface area contributed by atoms with Gasteiger partial charge in [-0.15, -0.1) is 0 Å². The lowest BCUT2D eigenvalue weighted by atomic mass is 10.0. The van der Waals surface area contributed by atoms with Crippen LogP contribution in [0.25, 0.3) is 11.0 Å². The molecule has 1 fully saturated rings. The maximum absolute atomic E-state index is 13.1. The van der Waals surface area contributed by atoms with E-state index in [-0.39, 0.29) is 23.5 Å². The quantitative estimate of drug-likeness (QED) is 0.681. The molecule has 31 heavy (non-hydrogen) atoms. The summed E-state index contributed by atoms with van der Waals surface area (Å²) in [5.41, 5.74) is 0.673. The fourth-order valence-corrected chi connectivity index (χ4v) is 3.70. The number of carbonyl (C=O) groups is 3. The second-order valence-electron chi connectivity index (χ2n) is 7.94. The molecule has 8 nitrogen and oxygen atoms in total. The van der Waals surface area contributed by atoms with Crippen molar-refractivity contribution in [3.05, 3.63) is 60.2 Å². The summed E-state index contributed by atoms with van der Waals surface area (Å²) in [6.07, 6.45) is 1.42. The van der Waals surface area contributed by atoms with Crippen LogP contribution in [0.1, 0.15) is 35.0 Å². The molecule has 1 saturated heterocycles. The molecule has 3 heterocycles. The van der Waals surface area contributed by atoms with Crippen molar-refractivity contribution < 1.29 is 23.2 Å². The highest BCUT2D eigenvalue weighted by molar-refractivity contribution is 5.97. The van der Waals surface area contributed by atoms with Crippen LogP contribution in [0.15, 0.2) is 57.6 Å². The molecule has 1 aromatic carbocycles. The summed E-state index contributed by atoms with van der Waals surface area (Å²) in [6.45, 7) is 5.35. The van der Waals surface area contributed by atoms with Crippen LogP contribution in [0.5, 0.6) is 0 Å². The van der Waals surface area contributed by atoms with Crippen LogP contribution < -0.4 is 5.32 Å². The summed E-state index contributed by atoms with van der Waals surface area (Å²) in [4.78, 5) is 41.6. The fraction of sp³-hybridized carbons (Fsp3) is 0.348. The summed E-state index contributed by atoms with van der Waals surface area (Å²) < 4.78 is 10.8. The maximum atomic E-state index is 13.1. The number of fused-ring (bicyclic) bond motifs is 1. The number of para-hydroxylation sites is 1. The van der Waals surface area contributed by atoms with Crippen LogP contribution in [0.3, 0.4) is 0 Å². The first-order chi connectivity index (χ1) is 14.9. The van der Waals surface area contributed by atoms with Gasteiger partial charge < -0.3 is 24.0 Å². The lowest BCUT2D eigenvalue weighted by Gasteiger charge is -2.37. The van der Waals surface area contributed by atoms with Gasteiger partial charge in [0, 0.05) is 31.6 Å². The zero-order chi connectivity index (χ0) is 22.0. The number of hydrogen-bond donors (Lipinski definition) is 1. The van der Waals surface area contributed by atoms with E-state index in [2.05, 4.69) is 5.32 Å². The van der Waals surface area contributed by atoms with Gasteiger partial charge >= 0.3 is 0 Å². The Hall–Kier alpha value is -3.55. The standard InChI is InChI=1S/C23H25N3O5/c1-15(2)20(24-21(27)18-8-5-13-30-18)23(29)26-11-9-25(10-12-26)22(28)19-14-16-6-3-4-7-17(16)31-19/h3-8,13-15,20H,9-12H2,1-2H3,(H,24,27). The van der Waals surface area contributed by atoms with Crippen molar-refractivity contribution in [1.29, 1.82) is 0 Å². The SMILES string of the molecule is CC(C)C(NC(=O)c1ccco1)C(=O)N1CCN(C(=O)c2cc3ccccc3o2)CC1. The second kappa shape index (κ2) is 8.67. The van der Waals surface area contributed by atoms with Crippen LogP contribution in [0, 0.1) is 5.92 Å². The number of benzene rings is 1. The second-order valence-corrected chi connectivity index (χ2v) is 7.94. The number of carbonyl (C=O) groups excluding carboxylic acids is 3. The minimum atomic E-state index is -0.671. The van der Waals surface area contributed by atoms with E-state index in [1.54, 1.807) is 28.0 Å². The van der Waals surface area contributed by atoms with E-state index in [0.717, 1.165) is 5.39 Å². The van der Waals surface area contributed by atoms with Gasteiger partial charge in [-0.25, -0.2) is 0 Å². The molecule has 8 heteroatoms. The van der Waals surface area contributed by atoms with E-state index >= 15 is 0 Å². The smallest absolute Gasteiger partial charge is 0.289 e. The minimum Gasteiger partial charge on any atom is -0.459 e. The number of rotatable bonds is 5. The van der Waals surface area contributed by atoms with Crippen molar-refractivity contribution >= 4 is 28.7 Å². The Morgan fingerprint density at radius 1 is 0.935 bits per heavy atom. The summed E-state index contributed by atoms with van der Waals surface area (Å²) in [6, 6.07) is 11.7. The molecule has 0 aliphatic carbocycles. The predicted octanol–water partition coefficient (Wildman–Crippen LogP) is 2.76. The third kappa shape index (κ3) is 4.33. The van der Waals surface area contributed by atoms with Gasteiger partial charge in [-0.3, -0.25) is 14.4 Å². The number of piperazine rings is 1. The molecule has 0 bridgehead atoms. The third-order valence-corrected chi connectivity index (χ3v) is 5.48. The average molecular weight is 423 g/mol. The Kier molecular flexibility index (Phi) is 5.79. The molecule has 0 spiro atoms. The molecule has 1 aliphatic heterocycles. The van der Waals surface area contributed by atoms with E-state index in [1.807, 2.05) is 38.1 Å². The first-order valence-electron chi connectivity index (χ1n) is 10.3. The molecule has 1 unspecified atom stereocenters. The van der Waals surface area contributed by atoms with Crippen LogP contribution in [0.4, 0.5) is 0 Å². The largest absolute Gasteiger partial charge is 0.459 e. The topological polar surface area (TPSA) is 96.0 Å². The molecule has 0 radical (unpaired) electrons. The minimum absolute atomic E-state index is 0.0957. The molecule has 3 aromatic rings. The highest BCUT2D eigenvalue weighted by Gasteiger charge is 2.33.